The van der Waals surface area contributed by atoms with Gasteiger partial charge in [0.25, 0.3) is 5.69 Å². The maximum Gasteiger partial charge on any atom is 0.269 e. The molecule has 0 aliphatic rings. The highest BCUT2D eigenvalue weighted by atomic mass is 79.9. The fraction of sp³-hybridized carbons (Fsp3) is 0.0870. The molecule has 6 nitrogen and oxygen atoms in total. The Morgan fingerprint density at radius 3 is 2.50 bits per heavy atom. The van der Waals surface area contributed by atoms with Gasteiger partial charge >= 0.3 is 0 Å². The van der Waals surface area contributed by atoms with Crippen molar-refractivity contribution in [3.8, 4) is 17.6 Å². The molecular weight excluding hydrogens is 519 g/mol. The van der Waals surface area contributed by atoms with Crippen molar-refractivity contribution in [3.63, 3.8) is 0 Å². The van der Waals surface area contributed by atoms with Crippen molar-refractivity contribution in [1.82, 2.24) is 0 Å². The molecule has 0 unspecified atom stereocenters. The summed E-state index contributed by atoms with van der Waals surface area (Å²) in [6, 6.07) is 16.6. The van der Waals surface area contributed by atoms with Crippen LogP contribution in [-0.2, 0) is 6.61 Å². The standard InChI is InChI=1S/C23H15BrCl2N2O4/c1-31-22-10-14(8-17(12-27)15-3-6-19(7-4-15)28(29)30)9-20(24)23(22)32-13-16-2-5-18(25)11-21(16)26/h2-11H,13H2,1H3/b17-8-. The lowest BCUT2D eigenvalue weighted by Crippen LogP contribution is -2.00. The first-order chi connectivity index (χ1) is 15.3. The summed E-state index contributed by atoms with van der Waals surface area (Å²) in [5.74, 6) is 0.932. The second kappa shape index (κ2) is 10.5. The minimum absolute atomic E-state index is 0.0438. The number of rotatable bonds is 7. The van der Waals surface area contributed by atoms with E-state index in [-0.39, 0.29) is 12.3 Å². The van der Waals surface area contributed by atoms with Crippen LogP contribution >= 0.6 is 39.1 Å². The minimum Gasteiger partial charge on any atom is -0.493 e. The van der Waals surface area contributed by atoms with Gasteiger partial charge in [-0.3, -0.25) is 10.1 Å². The lowest BCUT2D eigenvalue weighted by molar-refractivity contribution is -0.384. The predicted octanol–water partition coefficient (Wildman–Crippen LogP) is 7.32. The maximum atomic E-state index is 10.8. The van der Waals surface area contributed by atoms with Gasteiger partial charge in [-0.2, -0.15) is 5.26 Å². The summed E-state index contributed by atoms with van der Waals surface area (Å²) in [5.41, 5.74) is 2.30. The van der Waals surface area contributed by atoms with E-state index in [9.17, 15) is 15.4 Å². The highest BCUT2D eigenvalue weighted by molar-refractivity contribution is 9.10. The average Bonchev–Trinajstić information content (AvgIpc) is 2.77. The number of non-ortho nitro benzene ring substituents is 1. The lowest BCUT2D eigenvalue weighted by Gasteiger charge is -2.14. The molecule has 3 aromatic rings. The summed E-state index contributed by atoms with van der Waals surface area (Å²) in [7, 11) is 1.51. The molecule has 0 aromatic heterocycles. The molecule has 3 rings (SSSR count). The van der Waals surface area contributed by atoms with E-state index >= 15 is 0 Å². The number of halogens is 3. The van der Waals surface area contributed by atoms with Crippen LogP contribution in [0.5, 0.6) is 11.5 Å². The van der Waals surface area contributed by atoms with E-state index in [0.29, 0.717) is 42.7 Å². The summed E-state index contributed by atoms with van der Waals surface area (Å²) < 4.78 is 12.0. The molecular formula is C23H15BrCl2N2O4. The third kappa shape index (κ3) is 5.60. The van der Waals surface area contributed by atoms with Gasteiger partial charge in [0.2, 0.25) is 0 Å². The number of ether oxygens (including phenoxy) is 2. The first-order valence-electron chi connectivity index (χ1n) is 9.13. The highest BCUT2D eigenvalue weighted by Crippen LogP contribution is 2.38. The molecule has 0 spiro atoms. The quantitative estimate of drug-likeness (QED) is 0.137. The molecule has 0 aliphatic heterocycles. The van der Waals surface area contributed by atoms with E-state index in [1.165, 1.54) is 31.4 Å². The third-order valence-electron chi connectivity index (χ3n) is 4.46. The molecule has 0 heterocycles. The Kier molecular flexibility index (Phi) is 7.75. The Labute approximate surface area is 202 Å². The SMILES string of the molecule is COc1cc(/C=C(/C#N)c2ccc([N+](=O)[O-])cc2)cc(Br)c1OCc1ccc(Cl)cc1Cl. The monoisotopic (exact) mass is 532 g/mol. The Hall–Kier alpha value is -3.05. The second-order valence-electron chi connectivity index (χ2n) is 6.53. The van der Waals surface area contributed by atoms with Gasteiger partial charge in [-0.05, 0) is 69.5 Å². The molecule has 0 aliphatic carbocycles. The number of hydrogen-bond donors (Lipinski definition) is 0. The zero-order chi connectivity index (χ0) is 23.3. The zero-order valence-corrected chi connectivity index (χ0v) is 19.7. The third-order valence-corrected chi connectivity index (χ3v) is 5.64. The number of benzene rings is 3. The molecule has 0 saturated carbocycles. The van der Waals surface area contributed by atoms with Crippen molar-refractivity contribution in [1.29, 1.82) is 5.26 Å². The molecule has 0 fully saturated rings. The van der Waals surface area contributed by atoms with E-state index < -0.39 is 4.92 Å². The lowest BCUT2D eigenvalue weighted by atomic mass is 10.0. The summed E-state index contributed by atoms with van der Waals surface area (Å²) in [5, 5.41) is 21.5. The molecule has 0 bridgehead atoms. The van der Waals surface area contributed by atoms with E-state index in [2.05, 4.69) is 22.0 Å². The summed E-state index contributed by atoms with van der Waals surface area (Å²) in [6.45, 7) is 0.201. The highest BCUT2D eigenvalue weighted by Gasteiger charge is 2.14. The van der Waals surface area contributed by atoms with Crippen molar-refractivity contribution in [2.45, 2.75) is 6.61 Å². The van der Waals surface area contributed by atoms with Gasteiger partial charge in [0.15, 0.2) is 11.5 Å². The molecule has 3 aromatic carbocycles. The van der Waals surface area contributed by atoms with Crippen LogP contribution < -0.4 is 9.47 Å². The van der Waals surface area contributed by atoms with E-state index in [1.54, 1.807) is 36.4 Å². The largest absolute Gasteiger partial charge is 0.493 e. The first-order valence-corrected chi connectivity index (χ1v) is 10.7. The number of methoxy groups -OCH3 is 1. The Morgan fingerprint density at radius 1 is 1.19 bits per heavy atom. The molecule has 0 amide bonds. The zero-order valence-electron chi connectivity index (χ0n) is 16.6. The normalized spacial score (nSPS) is 11.0. The van der Waals surface area contributed by atoms with Crippen LogP contribution in [0.4, 0.5) is 5.69 Å². The van der Waals surface area contributed by atoms with Crippen molar-refractivity contribution < 1.29 is 14.4 Å². The van der Waals surface area contributed by atoms with Gasteiger partial charge in [0, 0.05) is 27.7 Å². The fourth-order valence-corrected chi connectivity index (χ4v) is 3.90. The van der Waals surface area contributed by atoms with Crippen molar-refractivity contribution in [3.05, 3.63) is 95.9 Å². The van der Waals surface area contributed by atoms with Gasteiger partial charge in [0.1, 0.15) is 6.61 Å². The van der Waals surface area contributed by atoms with Crippen LogP contribution in [0.1, 0.15) is 16.7 Å². The van der Waals surface area contributed by atoms with Crippen molar-refractivity contribution in [2.75, 3.05) is 7.11 Å². The Morgan fingerprint density at radius 2 is 1.91 bits per heavy atom. The van der Waals surface area contributed by atoms with Crippen molar-refractivity contribution >= 4 is 56.5 Å². The molecule has 162 valence electrons. The number of allylic oxidation sites excluding steroid dienone is 1. The summed E-state index contributed by atoms with van der Waals surface area (Å²) in [6.07, 6.45) is 1.66. The molecule has 0 saturated heterocycles. The maximum absolute atomic E-state index is 10.8. The molecule has 0 N–H and O–H groups in total. The Bertz CT molecular complexity index is 1240. The second-order valence-corrected chi connectivity index (χ2v) is 8.23. The predicted molar refractivity (Wildman–Crippen MR) is 128 cm³/mol. The van der Waals surface area contributed by atoms with Gasteiger partial charge in [-0.1, -0.05) is 29.3 Å². The van der Waals surface area contributed by atoms with E-state index in [1.807, 2.05) is 0 Å². The average molecular weight is 534 g/mol. The van der Waals surface area contributed by atoms with Gasteiger partial charge < -0.3 is 9.47 Å². The van der Waals surface area contributed by atoms with Crippen LogP contribution in [0.25, 0.3) is 11.6 Å². The van der Waals surface area contributed by atoms with Crippen LogP contribution in [-0.4, -0.2) is 12.0 Å². The summed E-state index contributed by atoms with van der Waals surface area (Å²) >= 11 is 15.6. The first kappa shape index (κ1) is 23.6. The smallest absolute Gasteiger partial charge is 0.269 e. The van der Waals surface area contributed by atoms with Crippen LogP contribution in [0.3, 0.4) is 0 Å². The fourth-order valence-electron chi connectivity index (χ4n) is 2.86. The topological polar surface area (TPSA) is 85.4 Å². The van der Waals surface area contributed by atoms with Gasteiger partial charge in [-0.15, -0.1) is 0 Å². The minimum atomic E-state index is -0.489. The molecule has 9 heteroatoms. The van der Waals surface area contributed by atoms with E-state index in [0.717, 1.165) is 5.56 Å². The van der Waals surface area contributed by atoms with Crippen LogP contribution in [0.15, 0.2) is 59.1 Å². The van der Waals surface area contributed by atoms with Gasteiger partial charge in [0.05, 0.1) is 28.1 Å². The number of nitrogens with zero attached hydrogens (tertiary/aromatic N) is 2. The number of nitro benzene ring substituents is 1. The Balaban J connectivity index is 1.89. The molecule has 0 atom stereocenters. The molecule has 0 radical (unpaired) electrons. The summed E-state index contributed by atoms with van der Waals surface area (Å²) in [4.78, 5) is 10.4. The van der Waals surface area contributed by atoms with Crippen molar-refractivity contribution in [2.24, 2.45) is 0 Å². The van der Waals surface area contributed by atoms with E-state index in [4.69, 9.17) is 32.7 Å². The van der Waals surface area contributed by atoms with Crippen LogP contribution in [0, 0.1) is 21.4 Å². The number of nitriles is 1. The number of hydrogen-bond acceptors (Lipinski definition) is 5. The van der Waals surface area contributed by atoms with Gasteiger partial charge in [-0.25, -0.2) is 0 Å². The van der Waals surface area contributed by atoms with Crippen LogP contribution in [0.2, 0.25) is 10.0 Å². The number of nitro groups is 1. The molecule has 32 heavy (non-hydrogen) atoms.